The standard InChI is InChI=1S/C18H16N4O4S/c1-25-12-6-8-13(9-7-12)26-18-21-14(15(20)23)17(27-18)22-16(24)10-2-4-11(19)5-3-10/h2-9H,19H2,1H3,(H2,20,23)(H,22,24). The number of benzene rings is 2. The molecule has 2 amide bonds. The molecule has 0 aliphatic carbocycles. The highest BCUT2D eigenvalue weighted by Crippen LogP contribution is 2.34. The summed E-state index contributed by atoms with van der Waals surface area (Å²) in [5, 5.41) is 3.00. The minimum Gasteiger partial charge on any atom is -0.497 e. The van der Waals surface area contributed by atoms with Crippen molar-refractivity contribution >= 4 is 33.8 Å². The molecular weight excluding hydrogens is 368 g/mol. The maximum absolute atomic E-state index is 12.4. The molecule has 0 aliphatic heterocycles. The van der Waals surface area contributed by atoms with E-state index in [0.29, 0.717) is 22.7 Å². The summed E-state index contributed by atoms with van der Waals surface area (Å²) in [4.78, 5) is 28.1. The predicted molar refractivity (Wildman–Crippen MR) is 103 cm³/mol. The van der Waals surface area contributed by atoms with Gasteiger partial charge in [-0.3, -0.25) is 9.59 Å². The Labute approximate surface area is 158 Å². The number of nitrogens with zero attached hydrogens (tertiary/aromatic N) is 1. The van der Waals surface area contributed by atoms with Crippen LogP contribution in [-0.2, 0) is 0 Å². The number of nitrogens with two attached hydrogens (primary N) is 2. The van der Waals surface area contributed by atoms with Crippen LogP contribution in [0.3, 0.4) is 0 Å². The molecule has 138 valence electrons. The number of primary amides is 1. The Balaban J connectivity index is 1.81. The van der Waals surface area contributed by atoms with Crippen LogP contribution in [0, 0.1) is 0 Å². The molecule has 3 rings (SSSR count). The summed E-state index contributed by atoms with van der Waals surface area (Å²) < 4.78 is 10.7. The second kappa shape index (κ2) is 7.75. The number of carbonyl (C=O) groups excluding carboxylic acids is 2. The van der Waals surface area contributed by atoms with Gasteiger partial charge in [-0.05, 0) is 48.5 Å². The van der Waals surface area contributed by atoms with E-state index in [0.717, 1.165) is 11.3 Å². The van der Waals surface area contributed by atoms with E-state index in [-0.39, 0.29) is 15.9 Å². The van der Waals surface area contributed by atoms with Crippen molar-refractivity contribution in [3.63, 3.8) is 0 Å². The molecule has 0 saturated carbocycles. The Morgan fingerprint density at radius 1 is 1.04 bits per heavy atom. The molecule has 0 spiro atoms. The summed E-state index contributed by atoms with van der Waals surface area (Å²) in [6.07, 6.45) is 0. The molecule has 0 unspecified atom stereocenters. The second-order valence-corrected chi connectivity index (χ2v) is 6.34. The zero-order valence-electron chi connectivity index (χ0n) is 14.3. The largest absolute Gasteiger partial charge is 0.497 e. The molecule has 0 saturated heterocycles. The molecule has 27 heavy (non-hydrogen) atoms. The number of hydrogen-bond acceptors (Lipinski definition) is 7. The van der Waals surface area contributed by atoms with E-state index in [1.165, 1.54) is 0 Å². The third kappa shape index (κ3) is 4.33. The van der Waals surface area contributed by atoms with Gasteiger partial charge in [-0.15, -0.1) is 0 Å². The molecular formula is C18H16N4O4S. The maximum atomic E-state index is 12.4. The van der Waals surface area contributed by atoms with Crippen LogP contribution >= 0.6 is 11.3 Å². The van der Waals surface area contributed by atoms with Gasteiger partial charge < -0.3 is 26.3 Å². The third-order valence-corrected chi connectivity index (χ3v) is 4.35. The fourth-order valence-corrected chi connectivity index (χ4v) is 2.99. The third-order valence-electron chi connectivity index (χ3n) is 3.51. The first kappa shape index (κ1) is 18.2. The highest BCUT2D eigenvalue weighted by molar-refractivity contribution is 7.18. The van der Waals surface area contributed by atoms with Crippen LogP contribution in [0.5, 0.6) is 16.7 Å². The van der Waals surface area contributed by atoms with E-state index >= 15 is 0 Å². The topological polar surface area (TPSA) is 130 Å². The van der Waals surface area contributed by atoms with Gasteiger partial charge in [0.1, 0.15) is 16.5 Å². The van der Waals surface area contributed by atoms with Crippen LogP contribution in [0.15, 0.2) is 48.5 Å². The smallest absolute Gasteiger partial charge is 0.281 e. The van der Waals surface area contributed by atoms with Crippen LogP contribution in [0.4, 0.5) is 10.7 Å². The summed E-state index contributed by atoms with van der Waals surface area (Å²) in [5.41, 5.74) is 11.8. The van der Waals surface area contributed by atoms with Crippen molar-refractivity contribution in [1.29, 1.82) is 0 Å². The van der Waals surface area contributed by atoms with Crippen molar-refractivity contribution in [2.24, 2.45) is 5.73 Å². The summed E-state index contributed by atoms with van der Waals surface area (Å²) in [6.45, 7) is 0. The van der Waals surface area contributed by atoms with Crippen molar-refractivity contribution in [2.45, 2.75) is 0 Å². The molecule has 0 aliphatic rings. The van der Waals surface area contributed by atoms with Crippen LogP contribution in [0.25, 0.3) is 0 Å². The highest BCUT2D eigenvalue weighted by Gasteiger charge is 2.20. The van der Waals surface area contributed by atoms with Gasteiger partial charge in [0, 0.05) is 11.3 Å². The highest BCUT2D eigenvalue weighted by atomic mass is 32.1. The zero-order chi connectivity index (χ0) is 19.4. The first-order valence-corrected chi connectivity index (χ1v) is 8.57. The zero-order valence-corrected chi connectivity index (χ0v) is 15.1. The Bertz CT molecular complexity index is 968. The van der Waals surface area contributed by atoms with Crippen LogP contribution in [-0.4, -0.2) is 23.9 Å². The molecule has 3 aromatic rings. The van der Waals surface area contributed by atoms with E-state index in [9.17, 15) is 9.59 Å². The number of rotatable bonds is 6. The summed E-state index contributed by atoms with van der Waals surface area (Å²) >= 11 is 0.997. The summed E-state index contributed by atoms with van der Waals surface area (Å²) in [6, 6.07) is 13.2. The Morgan fingerprint density at radius 3 is 2.26 bits per heavy atom. The monoisotopic (exact) mass is 384 g/mol. The van der Waals surface area contributed by atoms with E-state index in [1.54, 1.807) is 55.6 Å². The Morgan fingerprint density at radius 2 is 1.67 bits per heavy atom. The minimum atomic E-state index is -0.775. The van der Waals surface area contributed by atoms with Crippen molar-refractivity contribution in [3.05, 3.63) is 59.8 Å². The molecule has 1 heterocycles. The maximum Gasteiger partial charge on any atom is 0.281 e. The number of nitrogen functional groups attached to an aromatic ring is 1. The number of aromatic nitrogens is 1. The van der Waals surface area contributed by atoms with Crippen molar-refractivity contribution < 1.29 is 19.1 Å². The second-order valence-electron chi connectivity index (χ2n) is 5.38. The molecule has 0 atom stereocenters. The van der Waals surface area contributed by atoms with Gasteiger partial charge in [-0.1, -0.05) is 11.3 Å². The number of methoxy groups -OCH3 is 1. The number of nitrogens with one attached hydrogen (secondary N) is 1. The normalized spacial score (nSPS) is 10.3. The van der Waals surface area contributed by atoms with Gasteiger partial charge in [-0.2, -0.15) is 4.98 Å². The Kier molecular flexibility index (Phi) is 5.23. The molecule has 0 fully saturated rings. The van der Waals surface area contributed by atoms with Crippen molar-refractivity contribution in [3.8, 4) is 16.7 Å². The lowest BCUT2D eigenvalue weighted by Gasteiger charge is -2.04. The molecule has 8 nitrogen and oxygen atoms in total. The Hall–Kier alpha value is -3.59. The quantitative estimate of drug-likeness (QED) is 0.560. The van der Waals surface area contributed by atoms with E-state index < -0.39 is 11.8 Å². The fourth-order valence-electron chi connectivity index (χ4n) is 2.15. The lowest BCUT2D eigenvalue weighted by molar-refractivity contribution is 0.0996. The van der Waals surface area contributed by atoms with Gasteiger partial charge in [0.2, 0.25) is 0 Å². The van der Waals surface area contributed by atoms with Gasteiger partial charge in [0.25, 0.3) is 17.0 Å². The number of anilines is 2. The minimum absolute atomic E-state index is 0.0766. The average Bonchev–Trinajstić information content (AvgIpc) is 3.05. The molecule has 1 aromatic heterocycles. The number of hydrogen-bond donors (Lipinski definition) is 3. The molecule has 2 aromatic carbocycles. The van der Waals surface area contributed by atoms with Gasteiger partial charge >= 0.3 is 0 Å². The average molecular weight is 384 g/mol. The lowest BCUT2D eigenvalue weighted by atomic mass is 10.2. The predicted octanol–water partition coefficient (Wildman–Crippen LogP) is 2.88. The van der Waals surface area contributed by atoms with E-state index in [4.69, 9.17) is 20.9 Å². The number of thiazole rings is 1. The van der Waals surface area contributed by atoms with Crippen molar-refractivity contribution in [2.75, 3.05) is 18.2 Å². The molecule has 0 radical (unpaired) electrons. The number of carbonyl (C=O) groups is 2. The molecule has 9 heteroatoms. The van der Waals surface area contributed by atoms with Gasteiger partial charge in [0.15, 0.2) is 5.69 Å². The van der Waals surface area contributed by atoms with Crippen molar-refractivity contribution in [1.82, 2.24) is 4.98 Å². The molecule has 5 N–H and O–H groups in total. The lowest BCUT2D eigenvalue weighted by Crippen LogP contribution is -2.17. The van der Waals surface area contributed by atoms with E-state index in [2.05, 4.69) is 10.3 Å². The number of amides is 2. The van der Waals surface area contributed by atoms with Gasteiger partial charge in [-0.25, -0.2) is 0 Å². The summed E-state index contributed by atoms with van der Waals surface area (Å²) in [5.74, 6) is -0.0201. The first-order chi connectivity index (χ1) is 13.0. The van der Waals surface area contributed by atoms with Gasteiger partial charge in [0.05, 0.1) is 7.11 Å². The first-order valence-electron chi connectivity index (χ1n) is 7.75. The van der Waals surface area contributed by atoms with Crippen LogP contribution in [0.2, 0.25) is 0 Å². The summed E-state index contributed by atoms with van der Waals surface area (Å²) in [7, 11) is 1.56. The number of ether oxygens (including phenoxy) is 2. The van der Waals surface area contributed by atoms with Crippen LogP contribution in [0.1, 0.15) is 20.8 Å². The fraction of sp³-hybridized carbons (Fsp3) is 0.0556. The molecule has 0 bridgehead atoms. The van der Waals surface area contributed by atoms with Crippen LogP contribution < -0.4 is 26.3 Å². The SMILES string of the molecule is COc1ccc(Oc2nc(C(N)=O)c(NC(=O)c3ccc(N)cc3)s2)cc1. The van der Waals surface area contributed by atoms with E-state index in [1.807, 2.05) is 0 Å².